The summed E-state index contributed by atoms with van der Waals surface area (Å²) in [6, 6.07) is 2.15. The molecule has 0 bridgehead atoms. The molecule has 0 aliphatic heterocycles. The van der Waals surface area contributed by atoms with Crippen molar-refractivity contribution >= 4 is 5.91 Å². The van der Waals surface area contributed by atoms with Crippen LogP contribution in [0, 0.1) is 16.7 Å². The molecule has 0 aromatic rings. The third-order valence-corrected chi connectivity index (χ3v) is 3.34. The minimum Gasteiger partial charge on any atom is -0.393 e. The summed E-state index contributed by atoms with van der Waals surface area (Å²) in [6.45, 7) is 2.36. The summed E-state index contributed by atoms with van der Waals surface area (Å²) in [6.07, 6.45) is 4.15. The number of rotatable bonds is 5. The van der Waals surface area contributed by atoms with Crippen molar-refractivity contribution in [3.8, 4) is 6.07 Å². The fourth-order valence-corrected chi connectivity index (χ4v) is 2.09. The molecule has 4 heteroatoms. The molecule has 0 aromatic heterocycles. The zero-order valence-electron chi connectivity index (χ0n) is 9.83. The quantitative estimate of drug-likeness (QED) is 0.740. The van der Waals surface area contributed by atoms with Crippen molar-refractivity contribution in [2.24, 2.45) is 5.41 Å². The van der Waals surface area contributed by atoms with Crippen molar-refractivity contribution in [3.63, 3.8) is 0 Å². The third kappa shape index (κ3) is 2.96. The Morgan fingerprint density at radius 3 is 2.69 bits per heavy atom. The van der Waals surface area contributed by atoms with Crippen LogP contribution in [0.1, 0.15) is 45.4 Å². The van der Waals surface area contributed by atoms with E-state index in [4.69, 9.17) is 5.26 Å². The molecule has 0 heterocycles. The van der Waals surface area contributed by atoms with E-state index in [1.165, 1.54) is 0 Å². The Kier molecular flexibility index (Phi) is 4.75. The predicted octanol–water partition coefficient (Wildman–Crippen LogP) is 1.35. The van der Waals surface area contributed by atoms with Gasteiger partial charge in [0.05, 0.1) is 12.2 Å². The monoisotopic (exact) mass is 224 g/mol. The minimum absolute atomic E-state index is 0.157. The van der Waals surface area contributed by atoms with E-state index in [1.807, 2.05) is 6.92 Å². The van der Waals surface area contributed by atoms with Crippen LogP contribution in [0.4, 0.5) is 0 Å². The summed E-state index contributed by atoms with van der Waals surface area (Å²) < 4.78 is 0. The van der Waals surface area contributed by atoms with E-state index in [-0.39, 0.29) is 12.0 Å². The summed E-state index contributed by atoms with van der Waals surface area (Å²) in [7, 11) is 0. The van der Waals surface area contributed by atoms with Crippen molar-refractivity contribution in [3.05, 3.63) is 0 Å². The fraction of sp³-hybridized carbons (Fsp3) is 0.833. The highest BCUT2D eigenvalue weighted by atomic mass is 16.3. The first-order valence-electron chi connectivity index (χ1n) is 6.02. The minimum atomic E-state index is -0.794. The predicted molar refractivity (Wildman–Crippen MR) is 60.4 cm³/mol. The Morgan fingerprint density at radius 2 is 2.19 bits per heavy atom. The summed E-state index contributed by atoms with van der Waals surface area (Å²) >= 11 is 0. The zero-order chi connectivity index (χ0) is 12.0. The average Bonchev–Trinajstić information content (AvgIpc) is 2.78. The number of hydrogen-bond acceptors (Lipinski definition) is 3. The van der Waals surface area contributed by atoms with Gasteiger partial charge in [0, 0.05) is 6.54 Å². The second kappa shape index (κ2) is 5.86. The summed E-state index contributed by atoms with van der Waals surface area (Å²) in [5, 5.41) is 21.2. The van der Waals surface area contributed by atoms with Gasteiger partial charge in [-0.3, -0.25) is 4.79 Å². The molecule has 0 radical (unpaired) electrons. The van der Waals surface area contributed by atoms with Crippen LogP contribution < -0.4 is 5.32 Å². The van der Waals surface area contributed by atoms with Gasteiger partial charge >= 0.3 is 0 Å². The van der Waals surface area contributed by atoms with Gasteiger partial charge in [-0.25, -0.2) is 0 Å². The average molecular weight is 224 g/mol. The smallest absolute Gasteiger partial charge is 0.240 e. The second-order valence-electron chi connectivity index (χ2n) is 4.51. The molecular weight excluding hydrogens is 204 g/mol. The molecule has 1 fully saturated rings. The van der Waals surface area contributed by atoms with E-state index < -0.39 is 5.41 Å². The molecule has 90 valence electrons. The number of carbonyl (C=O) groups is 1. The first-order valence-corrected chi connectivity index (χ1v) is 6.02. The van der Waals surface area contributed by atoms with Gasteiger partial charge < -0.3 is 10.4 Å². The number of nitrogens with zero attached hydrogens (tertiary/aromatic N) is 1. The first kappa shape index (κ1) is 13.0. The van der Waals surface area contributed by atoms with E-state index >= 15 is 0 Å². The summed E-state index contributed by atoms with van der Waals surface area (Å²) in [4.78, 5) is 11.9. The van der Waals surface area contributed by atoms with Crippen molar-refractivity contribution in [1.82, 2.24) is 5.32 Å². The number of nitriles is 1. The maximum Gasteiger partial charge on any atom is 0.240 e. The SMILES string of the molecule is CCC(O)CCNC(=O)C1(C#N)CCCC1. The van der Waals surface area contributed by atoms with E-state index in [2.05, 4.69) is 11.4 Å². The van der Waals surface area contributed by atoms with Crippen molar-refractivity contribution in [1.29, 1.82) is 5.26 Å². The molecule has 1 rings (SSSR count). The lowest BCUT2D eigenvalue weighted by atomic mass is 9.87. The molecule has 2 N–H and O–H groups in total. The first-order chi connectivity index (χ1) is 7.64. The Bertz CT molecular complexity index is 277. The van der Waals surface area contributed by atoms with Crippen LogP contribution in [-0.2, 0) is 4.79 Å². The van der Waals surface area contributed by atoms with Gasteiger partial charge in [-0.2, -0.15) is 5.26 Å². The standard InChI is InChI=1S/C12H20N2O2/c1-2-10(15)5-8-14-11(16)12(9-13)6-3-4-7-12/h10,15H,2-8H2,1H3,(H,14,16). The Balaban J connectivity index is 2.37. The number of nitrogens with one attached hydrogen (secondary N) is 1. The van der Waals surface area contributed by atoms with Gasteiger partial charge in [0.25, 0.3) is 0 Å². The van der Waals surface area contributed by atoms with Crippen LogP contribution in [0.3, 0.4) is 0 Å². The van der Waals surface area contributed by atoms with Crippen LogP contribution in [0.5, 0.6) is 0 Å². The van der Waals surface area contributed by atoms with Gasteiger partial charge in [0.1, 0.15) is 5.41 Å². The topological polar surface area (TPSA) is 73.1 Å². The van der Waals surface area contributed by atoms with Gasteiger partial charge in [0.2, 0.25) is 5.91 Å². The number of aliphatic hydroxyl groups excluding tert-OH is 1. The van der Waals surface area contributed by atoms with E-state index in [0.717, 1.165) is 12.8 Å². The molecule has 1 unspecified atom stereocenters. The van der Waals surface area contributed by atoms with Crippen LogP contribution in [0.25, 0.3) is 0 Å². The van der Waals surface area contributed by atoms with Crippen LogP contribution in [0.15, 0.2) is 0 Å². The molecule has 1 aliphatic carbocycles. The van der Waals surface area contributed by atoms with Crippen molar-refractivity contribution < 1.29 is 9.90 Å². The second-order valence-corrected chi connectivity index (χ2v) is 4.51. The Morgan fingerprint density at radius 1 is 1.56 bits per heavy atom. The Hall–Kier alpha value is -1.08. The summed E-state index contributed by atoms with van der Waals surface area (Å²) in [5.74, 6) is -0.157. The number of hydrogen-bond donors (Lipinski definition) is 2. The zero-order valence-corrected chi connectivity index (χ0v) is 9.83. The molecule has 16 heavy (non-hydrogen) atoms. The highest BCUT2D eigenvalue weighted by Crippen LogP contribution is 2.37. The lowest BCUT2D eigenvalue weighted by Crippen LogP contribution is -2.39. The van der Waals surface area contributed by atoms with Gasteiger partial charge in [0.15, 0.2) is 0 Å². The van der Waals surface area contributed by atoms with Crippen LogP contribution >= 0.6 is 0 Å². The molecular formula is C12H20N2O2. The molecule has 0 spiro atoms. The molecule has 4 nitrogen and oxygen atoms in total. The lowest BCUT2D eigenvalue weighted by molar-refractivity contribution is -0.128. The van der Waals surface area contributed by atoms with Crippen molar-refractivity contribution in [2.45, 2.75) is 51.6 Å². The number of aliphatic hydroxyl groups is 1. The molecule has 0 aromatic carbocycles. The van der Waals surface area contributed by atoms with Gasteiger partial charge in [-0.15, -0.1) is 0 Å². The lowest BCUT2D eigenvalue weighted by Gasteiger charge is -2.19. The van der Waals surface area contributed by atoms with Crippen LogP contribution in [0.2, 0.25) is 0 Å². The Labute approximate surface area is 96.6 Å². The molecule has 1 saturated carbocycles. The molecule has 1 amide bonds. The third-order valence-electron chi connectivity index (χ3n) is 3.34. The molecule has 1 atom stereocenters. The maximum atomic E-state index is 11.9. The maximum absolute atomic E-state index is 11.9. The van der Waals surface area contributed by atoms with Gasteiger partial charge in [-0.05, 0) is 25.7 Å². The van der Waals surface area contributed by atoms with Crippen LogP contribution in [-0.4, -0.2) is 23.7 Å². The van der Waals surface area contributed by atoms with E-state index in [1.54, 1.807) is 0 Å². The summed E-state index contributed by atoms with van der Waals surface area (Å²) in [5.41, 5.74) is -0.794. The largest absolute Gasteiger partial charge is 0.393 e. The van der Waals surface area contributed by atoms with E-state index in [0.29, 0.717) is 32.2 Å². The fourth-order valence-electron chi connectivity index (χ4n) is 2.09. The molecule has 1 aliphatic rings. The molecule has 0 saturated heterocycles. The normalized spacial score (nSPS) is 20.1. The highest BCUT2D eigenvalue weighted by molar-refractivity contribution is 5.85. The highest BCUT2D eigenvalue weighted by Gasteiger charge is 2.41. The van der Waals surface area contributed by atoms with E-state index in [9.17, 15) is 9.90 Å². The number of carbonyl (C=O) groups excluding carboxylic acids is 1. The number of amides is 1. The van der Waals surface area contributed by atoms with Gasteiger partial charge in [-0.1, -0.05) is 19.8 Å². The van der Waals surface area contributed by atoms with Crippen molar-refractivity contribution in [2.75, 3.05) is 6.54 Å².